The van der Waals surface area contributed by atoms with Crippen molar-refractivity contribution in [2.75, 3.05) is 19.0 Å². The van der Waals surface area contributed by atoms with Gasteiger partial charge in [-0.15, -0.1) is 0 Å². The third-order valence-electron chi connectivity index (χ3n) is 3.11. The fourth-order valence-corrected chi connectivity index (χ4v) is 2.38. The Kier molecular flexibility index (Phi) is 5.76. The minimum Gasteiger partial charge on any atom is -0.484 e. The molecular weight excluding hydrogens is 362 g/mol. The van der Waals surface area contributed by atoms with E-state index in [1.54, 1.807) is 24.3 Å². The van der Waals surface area contributed by atoms with Crippen LogP contribution in [0.25, 0.3) is 0 Å². The number of ether oxygens (including phenoxy) is 2. The molecule has 120 valence electrons. The highest BCUT2D eigenvalue weighted by Gasteiger charge is 2.08. The van der Waals surface area contributed by atoms with E-state index in [0.717, 1.165) is 15.7 Å². The summed E-state index contributed by atoms with van der Waals surface area (Å²) in [6, 6.07) is 12.0. The lowest BCUT2D eigenvalue weighted by Gasteiger charge is -2.10. The molecule has 0 saturated heterocycles. The molecule has 0 saturated carbocycles. The lowest BCUT2D eigenvalue weighted by atomic mass is 10.2. The molecule has 0 bridgehead atoms. The van der Waals surface area contributed by atoms with Crippen molar-refractivity contribution in [3.05, 3.63) is 58.1 Å². The third kappa shape index (κ3) is 4.82. The van der Waals surface area contributed by atoms with Crippen molar-refractivity contribution < 1.29 is 19.1 Å². The smallest absolute Gasteiger partial charge is 0.337 e. The van der Waals surface area contributed by atoms with Crippen LogP contribution in [0.1, 0.15) is 15.9 Å². The van der Waals surface area contributed by atoms with Crippen LogP contribution in [-0.4, -0.2) is 25.6 Å². The molecule has 0 atom stereocenters. The number of carbonyl (C=O) groups is 2. The molecule has 0 aliphatic heterocycles. The lowest BCUT2D eigenvalue weighted by molar-refractivity contribution is -0.118. The van der Waals surface area contributed by atoms with Crippen LogP contribution in [0.2, 0.25) is 0 Å². The number of rotatable bonds is 5. The van der Waals surface area contributed by atoms with Crippen LogP contribution < -0.4 is 10.1 Å². The molecule has 0 radical (unpaired) electrons. The zero-order valence-corrected chi connectivity index (χ0v) is 14.3. The standard InChI is InChI=1S/C17H16BrNO4/c1-11-9-13(18)5-8-15(11)19-16(20)10-23-14-6-3-12(4-7-14)17(21)22-2/h3-9H,10H2,1-2H3,(H,19,20). The van der Waals surface area contributed by atoms with Gasteiger partial charge in [0.15, 0.2) is 6.61 Å². The van der Waals surface area contributed by atoms with Crippen LogP contribution in [0.4, 0.5) is 5.69 Å². The molecular formula is C17H16BrNO4. The molecule has 2 aromatic rings. The van der Waals surface area contributed by atoms with Gasteiger partial charge in [0.2, 0.25) is 0 Å². The van der Waals surface area contributed by atoms with Gasteiger partial charge in [-0.05, 0) is 55.0 Å². The highest BCUT2D eigenvalue weighted by molar-refractivity contribution is 9.10. The monoisotopic (exact) mass is 377 g/mol. The van der Waals surface area contributed by atoms with E-state index in [-0.39, 0.29) is 12.5 Å². The first-order chi connectivity index (χ1) is 11.0. The summed E-state index contributed by atoms with van der Waals surface area (Å²) in [4.78, 5) is 23.2. The van der Waals surface area contributed by atoms with Crippen LogP contribution in [-0.2, 0) is 9.53 Å². The number of hydrogen-bond acceptors (Lipinski definition) is 4. The quantitative estimate of drug-likeness (QED) is 0.809. The molecule has 23 heavy (non-hydrogen) atoms. The Morgan fingerprint density at radius 1 is 1.13 bits per heavy atom. The van der Waals surface area contributed by atoms with Gasteiger partial charge in [-0.25, -0.2) is 4.79 Å². The number of aryl methyl sites for hydroxylation is 1. The summed E-state index contributed by atoms with van der Waals surface area (Å²) in [5.41, 5.74) is 2.12. The Bertz CT molecular complexity index is 713. The number of carbonyl (C=O) groups excluding carboxylic acids is 2. The molecule has 0 unspecified atom stereocenters. The topological polar surface area (TPSA) is 64.6 Å². The van der Waals surface area contributed by atoms with E-state index in [4.69, 9.17) is 4.74 Å². The first-order valence-electron chi connectivity index (χ1n) is 6.87. The van der Waals surface area contributed by atoms with Crippen molar-refractivity contribution in [2.45, 2.75) is 6.92 Å². The molecule has 1 N–H and O–H groups in total. The van der Waals surface area contributed by atoms with Gasteiger partial charge in [-0.1, -0.05) is 15.9 Å². The van der Waals surface area contributed by atoms with Crippen LogP contribution >= 0.6 is 15.9 Å². The van der Waals surface area contributed by atoms with Gasteiger partial charge in [0.1, 0.15) is 5.75 Å². The molecule has 0 heterocycles. The molecule has 0 aromatic heterocycles. The van der Waals surface area contributed by atoms with E-state index in [1.807, 2.05) is 25.1 Å². The van der Waals surface area contributed by atoms with Gasteiger partial charge in [-0.3, -0.25) is 4.79 Å². The van der Waals surface area contributed by atoms with Gasteiger partial charge in [0.25, 0.3) is 5.91 Å². The predicted octanol–water partition coefficient (Wildman–Crippen LogP) is 3.56. The van der Waals surface area contributed by atoms with Crippen LogP contribution in [0.15, 0.2) is 46.9 Å². The molecule has 2 aromatic carbocycles. The van der Waals surface area contributed by atoms with Crippen molar-refractivity contribution in [1.82, 2.24) is 0 Å². The van der Waals surface area contributed by atoms with Crippen LogP contribution in [0.5, 0.6) is 5.75 Å². The van der Waals surface area contributed by atoms with Gasteiger partial charge >= 0.3 is 5.97 Å². The normalized spacial score (nSPS) is 10.0. The van der Waals surface area contributed by atoms with Crippen molar-refractivity contribution in [1.29, 1.82) is 0 Å². The minimum atomic E-state index is -0.417. The number of nitrogens with one attached hydrogen (secondary N) is 1. The fraction of sp³-hybridized carbons (Fsp3) is 0.176. The summed E-state index contributed by atoms with van der Waals surface area (Å²) in [6.45, 7) is 1.79. The second kappa shape index (κ2) is 7.78. The average Bonchev–Trinajstić information content (AvgIpc) is 2.55. The summed E-state index contributed by atoms with van der Waals surface area (Å²) in [7, 11) is 1.32. The molecule has 5 nitrogen and oxygen atoms in total. The van der Waals surface area contributed by atoms with E-state index >= 15 is 0 Å². The number of methoxy groups -OCH3 is 1. The van der Waals surface area contributed by atoms with Gasteiger partial charge in [0, 0.05) is 10.2 Å². The van der Waals surface area contributed by atoms with Crippen molar-refractivity contribution in [3.63, 3.8) is 0 Å². The van der Waals surface area contributed by atoms with Gasteiger partial charge < -0.3 is 14.8 Å². The molecule has 1 amide bonds. The first kappa shape index (κ1) is 17.0. The average molecular weight is 378 g/mol. The lowest BCUT2D eigenvalue weighted by Crippen LogP contribution is -2.20. The second-order valence-electron chi connectivity index (χ2n) is 4.81. The summed E-state index contributed by atoms with van der Waals surface area (Å²) in [5.74, 6) is -0.173. The second-order valence-corrected chi connectivity index (χ2v) is 5.73. The largest absolute Gasteiger partial charge is 0.484 e. The van der Waals surface area contributed by atoms with E-state index in [0.29, 0.717) is 11.3 Å². The molecule has 0 fully saturated rings. The van der Waals surface area contributed by atoms with Crippen molar-refractivity contribution in [2.24, 2.45) is 0 Å². The fourth-order valence-electron chi connectivity index (χ4n) is 1.91. The number of amides is 1. The summed E-state index contributed by atoms with van der Waals surface area (Å²) < 4.78 is 11.0. The molecule has 0 spiro atoms. The molecule has 6 heteroatoms. The summed E-state index contributed by atoms with van der Waals surface area (Å²) >= 11 is 3.37. The molecule has 0 aliphatic carbocycles. The SMILES string of the molecule is COC(=O)c1ccc(OCC(=O)Nc2ccc(Br)cc2C)cc1. The van der Waals surface area contributed by atoms with E-state index in [2.05, 4.69) is 26.0 Å². The number of esters is 1. The highest BCUT2D eigenvalue weighted by Crippen LogP contribution is 2.20. The maximum Gasteiger partial charge on any atom is 0.337 e. The van der Waals surface area contributed by atoms with Crippen molar-refractivity contribution in [3.8, 4) is 5.75 Å². The summed E-state index contributed by atoms with van der Waals surface area (Å²) in [6.07, 6.45) is 0. The zero-order chi connectivity index (χ0) is 16.8. The Morgan fingerprint density at radius 3 is 2.43 bits per heavy atom. The molecule has 2 rings (SSSR count). The predicted molar refractivity (Wildman–Crippen MR) is 90.8 cm³/mol. The third-order valence-corrected chi connectivity index (χ3v) is 3.60. The van der Waals surface area contributed by atoms with Gasteiger partial charge in [0.05, 0.1) is 12.7 Å². The Balaban J connectivity index is 1.90. The van der Waals surface area contributed by atoms with Crippen molar-refractivity contribution >= 4 is 33.5 Å². The maximum absolute atomic E-state index is 11.9. The van der Waals surface area contributed by atoms with Gasteiger partial charge in [-0.2, -0.15) is 0 Å². The summed E-state index contributed by atoms with van der Waals surface area (Å²) in [5, 5.41) is 2.79. The number of benzene rings is 2. The minimum absolute atomic E-state index is 0.118. The Hall–Kier alpha value is -2.34. The Morgan fingerprint density at radius 2 is 1.83 bits per heavy atom. The first-order valence-corrected chi connectivity index (χ1v) is 7.66. The molecule has 0 aliphatic rings. The Labute approximate surface area is 142 Å². The maximum atomic E-state index is 11.9. The van der Waals surface area contributed by atoms with E-state index < -0.39 is 5.97 Å². The zero-order valence-electron chi connectivity index (χ0n) is 12.8. The van der Waals surface area contributed by atoms with Crippen LogP contribution in [0.3, 0.4) is 0 Å². The number of halogens is 1. The number of hydrogen-bond donors (Lipinski definition) is 1. The van der Waals surface area contributed by atoms with E-state index in [1.165, 1.54) is 7.11 Å². The van der Waals surface area contributed by atoms with Crippen LogP contribution in [0, 0.1) is 6.92 Å². The van der Waals surface area contributed by atoms with E-state index in [9.17, 15) is 9.59 Å². The number of anilines is 1. The highest BCUT2D eigenvalue weighted by atomic mass is 79.9.